The highest BCUT2D eigenvalue weighted by atomic mass is 16.5. The monoisotopic (exact) mass is 410 g/mol. The van der Waals surface area contributed by atoms with Gasteiger partial charge in [0.2, 0.25) is 0 Å². The normalized spacial score (nSPS) is 26.2. The fourth-order valence-corrected chi connectivity index (χ4v) is 5.29. The van der Waals surface area contributed by atoms with E-state index in [1.165, 1.54) is 126 Å². The molecule has 0 spiro atoms. The van der Waals surface area contributed by atoms with Gasteiger partial charge >= 0.3 is 5.97 Å². The first-order chi connectivity index (χ1) is 14.0. The number of hydrogen-bond acceptors (Lipinski definition) is 2. The van der Waals surface area contributed by atoms with Crippen LogP contribution in [-0.2, 0) is 9.53 Å². The predicted octanol–water partition coefficient (Wildman–Crippen LogP) is 5.16. The van der Waals surface area contributed by atoms with Crippen molar-refractivity contribution in [1.82, 2.24) is 0 Å². The molecular weight excluding hydrogens is 360 g/mol. The summed E-state index contributed by atoms with van der Waals surface area (Å²) in [6, 6.07) is 0. The lowest BCUT2D eigenvalue weighted by Crippen LogP contribution is -2.75. The third-order valence-electron chi connectivity index (χ3n) is 7.62. The second-order valence-electron chi connectivity index (χ2n) is 10.3. The molecule has 0 N–H and O–H groups in total. The number of hydrogen-bond donors (Lipinski definition) is 0. The Morgan fingerprint density at radius 1 is 0.690 bits per heavy atom. The summed E-state index contributed by atoms with van der Waals surface area (Å²) in [5, 5.41) is 0. The number of esters is 1. The molecule has 4 nitrogen and oxygen atoms in total. The van der Waals surface area contributed by atoms with Crippen LogP contribution in [0.25, 0.3) is 0 Å². The van der Waals surface area contributed by atoms with Gasteiger partial charge in [0.25, 0.3) is 0 Å². The fraction of sp³-hybridized carbons (Fsp3) is 0.960. The Hall–Kier alpha value is -0.610. The van der Waals surface area contributed by atoms with E-state index >= 15 is 0 Å². The van der Waals surface area contributed by atoms with Crippen molar-refractivity contribution in [3.05, 3.63) is 0 Å². The molecule has 0 aromatic rings. The molecule has 170 valence electrons. The molecule has 0 aromatic heterocycles. The summed E-state index contributed by atoms with van der Waals surface area (Å²) < 4.78 is 8.07. The van der Waals surface area contributed by atoms with Crippen LogP contribution in [0.15, 0.2) is 0 Å². The standard InChI is InChI=1S/C25H50N2O2/c1-4-5-6-7-8-9-10-11-12-13-15-26-17-20-27(21-18-26,22-19-26)16-14-23-29-25(28)24(2)3/h24H,4-23H2,1-3H3/q+2. The minimum absolute atomic E-state index is 0.00396. The maximum absolute atomic E-state index is 11.6. The highest BCUT2D eigenvalue weighted by molar-refractivity contribution is 5.71. The molecule has 0 aromatic carbocycles. The summed E-state index contributed by atoms with van der Waals surface area (Å²) in [6.07, 6.45) is 15.4. The molecular formula is C25H50N2O2+2. The van der Waals surface area contributed by atoms with E-state index in [4.69, 9.17) is 4.74 Å². The Labute approximate surface area is 181 Å². The van der Waals surface area contributed by atoms with Crippen molar-refractivity contribution in [2.75, 3.05) is 59.0 Å². The molecule has 0 saturated carbocycles. The summed E-state index contributed by atoms with van der Waals surface area (Å²) in [5.74, 6) is -0.0507. The van der Waals surface area contributed by atoms with E-state index in [0.29, 0.717) is 6.61 Å². The second kappa shape index (κ2) is 12.9. The molecule has 0 amide bonds. The molecule has 3 fully saturated rings. The molecule has 3 rings (SSSR count). The maximum atomic E-state index is 11.6. The molecule has 29 heavy (non-hydrogen) atoms. The van der Waals surface area contributed by atoms with Gasteiger partial charge in [-0.25, -0.2) is 0 Å². The first-order valence-electron chi connectivity index (χ1n) is 12.9. The van der Waals surface area contributed by atoms with Crippen LogP contribution in [0.2, 0.25) is 0 Å². The van der Waals surface area contributed by atoms with Crippen LogP contribution in [0, 0.1) is 5.92 Å². The average molecular weight is 411 g/mol. The van der Waals surface area contributed by atoms with Crippen molar-refractivity contribution in [2.45, 2.75) is 91.4 Å². The van der Waals surface area contributed by atoms with Gasteiger partial charge in [-0.15, -0.1) is 0 Å². The molecule has 3 saturated heterocycles. The largest absolute Gasteiger partial charge is 0.465 e. The van der Waals surface area contributed by atoms with Gasteiger partial charge < -0.3 is 13.7 Å². The number of carbonyl (C=O) groups excluding carboxylic acids is 1. The van der Waals surface area contributed by atoms with E-state index in [1.807, 2.05) is 13.8 Å². The molecule has 4 heteroatoms. The van der Waals surface area contributed by atoms with E-state index in [0.717, 1.165) is 6.42 Å². The van der Waals surface area contributed by atoms with Crippen LogP contribution in [-0.4, -0.2) is 73.9 Å². The second-order valence-corrected chi connectivity index (χ2v) is 10.3. The van der Waals surface area contributed by atoms with E-state index in [1.54, 1.807) is 0 Å². The van der Waals surface area contributed by atoms with Gasteiger partial charge in [-0.05, 0) is 12.8 Å². The van der Waals surface area contributed by atoms with E-state index in [2.05, 4.69) is 6.92 Å². The van der Waals surface area contributed by atoms with Gasteiger partial charge in [0, 0.05) is 6.42 Å². The van der Waals surface area contributed by atoms with Crippen LogP contribution in [0.4, 0.5) is 0 Å². The van der Waals surface area contributed by atoms with Crippen LogP contribution in [0.1, 0.15) is 91.4 Å². The lowest BCUT2D eigenvalue weighted by atomic mass is 10.0. The lowest BCUT2D eigenvalue weighted by molar-refractivity contribution is -1.08. The molecule has 3 aliphatic heterocycles. The Kier molecular flexibility index (Phi) is 11.0. The SMILES string of the molecule is CCCCCCCCCCCC[N+]12CC[N+](CCCOC(=O)C(C)C)(CC1)CC2. The van der Waals surface area contributed by atoms with Crippen molar-refractivity contribution in [1.29, 1.82) is 0 Å². The Morgan fingerprint density at radius 2 is 1.10 bits per heavy atom. The highest BCUT2D eigenvalue weighted by Crippen LogP contribution is 2.28. The Morgan fingerprint density at radius 3 is 1.55 bits per heavy atom. The van der Waals surface area contributed by atoms with Crippen molar-refractivity contribution < 1.29 is 18.5 Å². The zero-order valence-corrected chi connectivity index (χ0v) is 19.9. The quantitative estimate of drug-likeness (QED) is 0.200. The number of carbonyl (C=O) groups is 1. The average Bonchev–Trinajstić information content (AvgIpc) is 2.74. The minimum atomic E-state index is -0.0468. The van der Waals surface area contributed by atoms with E-state index in [9.17, 15) is 4.79 Å². The third kappa shape index (κ3) is 8.57. The summed E-state index contributed by atoms with van der Waals surface area (Å²) in [4.78, 5) is 11.6. The van der Waals surface area contributed by atoms with Crippen molar-refractivity contribution >= 4 is 5.97 Å². The molecule has 0 atom stereocenters. The lowest BCUT2D eigenvalue weighted by Gasteiger charge is -2.55. The highest BCUT2D eigenvalue weighted by Gasteiger charge is 2.48. The van der Waals surface area contributed by atoms with Crippen molar-refractivity contribution in [3.63, 3.8) is 0 Å². The van der Waals surface area contributed by atoms with Gasteiger partial charge in [0.05, 0.1) is 25.6 Å². The number of unbranched alkanes of at least 4 members (excludes halogenated alkanes) is 9. The molecule has 0 radical (unpaired) electrons. The smallest absolute Gasteiger partial charge is 0.308 e. The van der Waals surface area contributed by atoms with Crippen molar-refractivity contribution in [2.24, 2.45) is 5.92 Å². The number of ether oxygens (including phenoxy) is 1. The van der Waals surface area contributed by atoms with Crippen LogP contribution in [0.3, 0.4) is 0 Å². The zero-order valence-electron chi connectivity index (χ0n) is 19.9. The zero-order chi connectivity index (χ0) is 21.0. The first kappa shape index (κ1) is 24.7. The maximum Gasteiger partial charge on any atom is 0.308 e. The molecule has 3 heterocycles. The number of piperazine rings is 3. The summed E-state index contributed by atoms with van der Waals surface area (Å²) in [5.41, 5.74) is 0. The molecule has 0 aliphatic carbocycles. The van der Waals surface area contributed by atoms with Gasteiger partial charge in [-0.1, -0.05) is 72.1 Å². The van der Waals surface area contributed by atoms with Gasteiger partial charge in [-0.2, -0.15) is 0 Å². The number of quaternary nitrogens is 2. The topological polar surface area (TPSA) is 26.3 Å². The number of nitrogens with zero attached hydrogens (tertiary/aromatic N) is 2. The molecule has 3 aliphatic rings. The minimum Gasteiger partial charge on any atom is -0.465 e. The van der Waals surface area contributed by atoms with E-state index < -0.39 is 0 Å². The Balaban J connectivity index is 1.51. The van der Waals surface area contributed by atoms with Gasteiger partial charge in [0.1, 0.15) is 39.3 Å². The van der Waals surface area contributed by atoms with Crippen LogP contribution < -0.4 is 0 Å². The van der Waals surface area contributed by atoms with Crippen LogP contribution in [0.5, 0.6) is 0 Å². The number of rotatable bonds is 16. The summed E-state index contributed by atoms with van der Waals surface area (Å²) in [6.45, 7) is 17.5. The van der Waals surface area contributed by atoms with Gasteiger partial charge in [-0.3, -0.25) is 4.79 Å². The van der Waals surface area contributed by atoms with Gasteiger partial charge in [0.15, 0.2) is 0 Å². The molecule has 0 unspecified atom stereocenters. The predicted molar refractivity (Wildman–Crippen MR) is 122 cm³/mol. The van der Waals surface area contributed by atoms with Crippen LogP contribution >= 0.6 is 0 Å². The summed E-state index contributed by atoms with van der Waals surface area (Å²) >= 11 is 0. The Bertz CT molecular complexity index is 439. The fourth-order valence-electron chi connectivity index (χ4n) is 5.29. The summed E-state index contributed by atoms with van der Waals surface area (Å²) in [7, 11) is 0. The van der Waals surface area contributed by atoms with Crippen molar-refractivity contribution in [3.8, 4) is 0 Å². The van der Waals surface area contributed by atoms with E-state index in [-0.39, 0.29) is 11.9 Å². The first-order valence-corrected chi connectivity index (χ1v) is 12.9. The molecule has 2 bridgehead atoms. The third-order valence-corrected chi connectivity index (χ3v) is 7.62. The number of fused-ring (bicyclic) bond motifs is 3.